The van der Waals surface area contributed by atoms with Gasteiger partial charge in [0.25, 0.3) is 0 Å². The highest BCUT2D eigenvalue weighted by molar-refractivity contribution is 5.66. The number of esters is 2. The molecule has 0 saturated heterocycles. The Labute approximate surface area is 199 Å². The average molecular weight is 453 g/mol. The van der Waals surface area contributed by atoms with Crippen molar-refractivity contribution in [3.63, 3.8) is 0 Å². The van der Waals surface area contributed by atoms with Gasteiger partial charge in [-0.1, -0.05) is 89.5 Å². The van der Waals surface area contributed by atoms with Gasteiger partial charge in [0.15, 0.2) is 0 Å². The van der Waals surface area contributed by atoms with E-state index in [4.69, 9.17) is 9.47 Å². The lowest BCUT2D eigenvalue weighted by atomic mass is 10.1. The zero-order valence-electron chi connectivity index (χ0n) is 21.7. The fourth-order valence-corrected chi connectivity index (χ4v) is 3.03. The van der Waals surface area contributed by atoms with Crippen molar-refractivity contribution < 1.29 is 19.1 Å². The maximum Gasteiger partial charge on any atom is 0.302 e. The third-order valence-electron chi connectivity index (χ3n) is 4.88. The molecule has 0 aromatic rings. The molecule has 0 radical (unpaired) electrons. The third kappa shape index (κ3) is 35.8. The van der Waals surface area contributed by atoms with Gasteiger partial charge in [-0.25, -0.2) is 0 Å². The summed E-state index contributed by atoms with van der Waals surface area (Å²) in [5.74, 6) is -0.331. The van der Waals surface area contributed by atoms with Crippen LogP contribution in [0.5, 0.6) is 0 Å². The minimum Gasteiger partial charge on any atom is -0.466 e. The Morgan fingerprint density at radius 2 is 0.812 bits per heavy atom. The lowest BCUT2D eigenvalue weighted by molar-refractivity contribution is -0.142. The minimum absolute atomic E-state index is 0.166. The van der Waals surface area contributed by atoms with Crippen molar-refractivity contribution in [2.75, 3.05) is 13.2 Å². The number of rotatable bonds is 20. The highest BCUT2D eigenvalue weighted by Crippen LogP contribution is 2.07. The minimum atomic E-state index is -0.166. The first-order valence-corrected chi connectivity index (χ1v) is 13.1. The van der Waals surface area contributed by atoms with Crippen molar-refractivity contribution >= 4 is 11.9 Å². The molecule has 0 N–H and O–H groups in total. The molecule has 0 aliphatic heterocycles. The van der Waals surface area contributed by atoms with Crippen LogP contribution in [0.15, 0.2) is 24.3 Å². The Bertz CT molecular complexity index is 412. The Kier molecular flexibility index (Phi) is 30.0. The van der Waals surface area contributed by atoms with E-state index in [-0.39, 0.29) is 11.9 Å². The molecule has 0 rings (SSSR count). The van der Waals surface area contributed by atoms with Crippen LogP contribution >= 0.6 is 0 Å². The van der Waals surface area contributed by atoms with E-state index < -0.39 is 0 Å². The standard InChI is InChI=1S/2C14H26O2/c2*1-3-4-5-6-7-8-9-10-11-12-13-16-14(2)15/h2*5-6H,3-4,7-13H2,1-2H3/b6-5+;6-5-. The van der Waals surface area contributed by atoms with Crippen molar-refractivity contribution in [3.8, 4) is 0 Å². The lowest BCUT2D eigenvalue weighted by Crippen LogP contribution is -1.99. The van der Waals surface area contributed by atoms with E-state index in [0.717, 1.165) is 12.8 Å². The molecule has 0 fully saturated rings. The van der Waals surface area contributed by atoms with E-state index in [9.17, 15) is 9.59 Å². The van der Waals surface area contributed by atoms with Gasteiger partial charge >= 0.3 is 11.9 Å². The SMILES string of the molecule is CCC/C=C/CCCCCCCOC(C)=O.CCC/C=C\CCCCCCCOC(C)=O. The van der Waals surface area contributed by atoms with Crippen LogP contribution in [0.1, 0.15) is 130 Å². The van der Waals surface area contributed by atoms with Gasteiger partial charge in [0.2, 0.25) is 0 Å². The van der Waals surface area contributed by atoms with Crippen LogP contribution in [0.25, 0.3) is 0 Å². The zero-order valence-corrected chi connectivity index (χ0v) is 21.7. The van der Waals surface area contributed by atoms with Gasteiger partial charge in [0, 0.05) is 13.8 Å². The highest BCUT2D eigenvalue weighted by Gasteiger charge is 1.94. The quantitative estimate of drug-likeness (QED) is 0.105. The summed E-state index contributed by atoms with van der Waals surface area (Å²) in [5.41, 5.74) is 0. The summed E-state index contributed by atoms with van der Waals surface area (Å²) in [6, 6.07) is 0. The van der Waals surface area contributed by atoms with Crippen molar-refractivity contribution in [2.45, 2.75) is 130 Å². The van der Waals surface area contributed by atoms with Gasteiger partial charge in [-0.05, 0) is 51.4 Å². The van der Waals surface area contributed by atoms with Crippen molar-refractivity contribution in [1.82, 2.24) is 0 Å². The average Bonchev–Trinajstić information content (AvgIpc) is 2.76. The molecular formula is C28H52O4. The molecule has 0 spiro atoms. The largest absolute Gasteiger partial charge is 0.466 e. The van der Waals surface area contributed by atoms with Crippen molar-refractivity contribution in [1.29, 1.82) is 0 Å². The summed E-state index contributed by atoms with van der Waals surface area (Å²) in [6.45, 7) is 8.50. The molecule has 0 aromatic heterocycles. The number of hydrogen-bond donors (Lipinski definition) is 0. The first-order valence-electron chi connectivity index (χ1n) is 13.1. The van der Waals surface area contributed by atoms with Crippen molar-refractivity contribution in [2.24, 2.45) is 0 Å². The molecule has 0 saturated carbocycles. The second-order valence-electron chi connectivity index (χ2n) is 8.31. The Morgan fingerprint density at radius 3 is 1.16 bits per heavy atom. The molecule has 32 heavy (non-hydrogen) atoms. The van der Waals surface area contributed by atoms with E-state index >= 15 is 0 Å². The summed E-state index contributed by atoms with van der Waals surface area (Å²) in [6.07, 6.45) is 28.5. The molecule has 4 nitrogen and oxygen atoms in total. The Hall–Kier alpha value is -1.58. The van der Waals surface area contributed by atoms with E-state index in [1.807, 2.05) is 0 Å². The molecule has 0 aliphatic carbocycles. The summed E-state index contributed by atoms with van der Waals surface area (Å²) in [5, 5.41) is 0. The number of allylic oxidation sites excluding steroid dienone is 4. The fraction of sp³-hybridized carbons (Fsp3) is 0.786. The van der Waals surface area contributed by atoms with Gasteiger partial charge in [0.1, 0.15) is 0 Å². The number of hydrogen-bond acceptors (Lipinski definition) is 4. The van der Waals surface area contributed by atoms with Crippen LogP contribution in [0, 0.1) is 0 Å². The monoisotopic (exact) mass is 452 g/mol. The fourth-order valence-electron chi connectivity index (χ4n) is 3.03. The predicted octanol–water partition coefficient (Wildman–Crippen LogP) is 8.49. The molecule has 0 amide bonds. The zero-order chi connectivity index (χ0) is 24.1. The first-order chi connectivity index (χ1) is 15.5. The maximum absolute atomic E-state index is 10.5. The predicted molar refractivity (Wildman–Crippen MR) is 137 cm³/mol. The van der Waals surface area contributed by atoms with Crippen LogP contribution in [-0.2, 0) is 19.1 Å². The van der Waals surface area contributed by atoms with Crippen LogP contribution in [0.4, 0.5) is 0 Å². The van der Waals surface area contributed by atoms with Crippen LogP contribution < -0.4 is 0 Å². The smallest absolute Gasteiger partial charge is 0.302 e. The second-order valence-corrected chi connectivity index (χ2v) is 8.31. The summed E-state index contributed by atoms with van der Waals surface area (Å²) in [4.78, 5) is 20.9. The van der Waals surface area contributed by atoms with E-state index in [2.05, 4.69) is 38.2 Å². The van der Waals surface area contributed by atoms with Crippen molar-refractivity contribution in [3.05, 3.63) is 24.3 Å². The molecule has 0 heterocycles. The van der Waals surface area contributed by atoms with E-state index in [1.54, 1.807) is 0 Å². The molecule has 0 aromatic carbocycles. The number of unbranched alkanes of at least 4 members (excludes halogenated alkanes) is 12. The topological polar surface area (TPSA) is 52.6 Å². The molecule has 4 heteroatoms. The van der Waals surface area contributed by atoms with Gasteiger partial charge in [-0.2, -0.15) is 0 Å². The van der Waals surface area contributed by atoms with Crippen LogP contribution in [-0.4, -0.2) is 25.2 Å². The summed E-state index contributed by atoms with van der Waals surface area (Å²) < 4.78 is 9.73. The Morgan fingerprint density at radius 1 is 0.500 bits per heavy atom. The third-order valence-corrected chi connectivity index (χ3v) is 4.88. The summed E-state index contributed by atoms with van der Waals surface area (Å²) >= 11 is 0. The molecular weight excluding hydrogens is 400 g/mol. The normalized spacial score (nSPS) is 10.9. The molecule has 188 valence electrons. The van der Waals surface area contributed by atoms with Gasteiger partial charge in [-0.3, -0.25) is 9.59 Å². The van der Waals surface area contributed by atoms with Gasteiger partial charge < -0.3 is 9.47 Å². The molecule has 0 unspecified atom stereocenters. The second kappa shape index (κ2) is 29.4. The first kappa shape index (κ1) is 32.6. The lowest BCUT2D eigenvalue weighted by Gasteiger charge is -2.01. The summed E-state index contributed by atoms with van der Waals surface area (Å²) in [7, 11) is 0. The van der Waals surface area contributed by atoms with Crippen LogP contribution in [0.3, 0.4) is 0 Å². The number of carbonyl (C=O) groups is 2. The van der Waals surface area contributed by atoms with Gasteiger partial charge in [0.05, 0.1) is 13.2 Å². The highest BCUT2D eigenvalue weighted by atomic mass is 16.5. The van der Waals surface area contributed by atoms with E-state index in [0.29, 0.717) is 13.2 Å². The molecule has 0 aliphatic rings. The van der Waals surface area contributed by atoms with E-state index in [1.165, 1.54) is 104 Å². The molecule has 0 atom stereocenters. The van der Waals surface area contributed by atoms with Gasteiger partial charge in [-0.15, -0.1) is 0 Å². The maximum atomic E-state index is 10.5. The number of ether oxygens (including phenoxy) is 2. The van der Waals surface area contributed by atoms with Crippen LogP contribution in [0.2, 0.25) is 0 Å². The Balaban J connectivity index is 0. The molecule has 0 bridgehead atoms. The number of carbonyl (C=O) groups excluding carboxylic acids is 2.